The van der Waals surface area contributed by atoms with E-state index in [0.29, 0.717) is 12.3 Å². The van der Waals surface area contributed by atoms with Crippen LogP contribution in [0.15, 0.2) is 40.8 Å². The number of phenolic OH excluding ortho intramolecular Hbond substituents is 1. The topological polar surface area (TPSA) is 58.3 Å². The maximum absolute atomic E-state index is 10.0. The average Bonchev–Trinajstić information content (AvgIpc) is 2.91. The summed E-state index contributed by atoms with van der Waals surface area (Å²) in [5.74, 6) is 1.10. The Morgan fingerprint density at radius 2 is 2.10 bits per heavy atom. The molecule has 0 radical (unpaired) electrons. The molecule has 4 nitrogen and oxygen atoms in total. The van der Waals surface area contributed by atoms with Crippen LogP contribution in [-0.4, -0.2) is 10.1 Å². The summed E-state index contributed by atoms with van der Waals surface area (Å²) < 4.78 is 5.59. The molecule has 0 saturated carbocycles. The van der Waals surface area contributed by atoms with Crippen LogP contribution in [0, 0.1) is 6.92 Å². The molecule has 3 rings (SSSR count). The summed E-state index contributed by atoms with van der Waals surface area (Å²) in [5.41, 5.74) is 4.37. The zero-order valence-corrected chi connectivity index (χ0v) is 12.2. The summed E-state index contributed by atoms with van der Waals surface area (Å²) in [5, 5.41) is 13.3. The molecule has 0 bridgehead atoms. The minimum atomic E-state index is 0.348. The third kappa shape index (κ3) is 2.70. The summed E-state index contributed by atoms with van der Waals surface area (Å²) >= 11 is 0. The standard InChI is InChI=1S/C17H18N2O2/c1-3-16-19-14-9-13(7-8-15(14)21-16)18-10-12-6-4-5-11(2)17(12)20/h4-9,18,20H,3,10H2,1-2H3. The third-order valence-corrected chi connectivity index (χ3v) is 3.54. The molecule has 2 aromatic carbocycles. The molecule has 0 aliphatic carbocycles. The Morgan fingerprint density at radius 1 is 1.24 bits per heavy atom. The van der Waals surface area contributed by atoms with Crippen LogP contribution in [0.2, 0.25) is 0 Å². The predicted molar refractivity (Wildman–Crippen MR) is 83.6 cm³/mol. The molecule has 3 aromatic rings. The molecule has 1 aromatic heterocycles. The number of oxazole rings is 1. The Labute approximate surface area is 123 Å². The van der Waals surface area contributed by atoms with Gasteiger partial charge in [-0.2, -0.15) is 0 Å². The highest BCUT2D eigenvalue weighted by atomic mass is 16.3. The van der Waals surface area contributed by atoms with Crippen molar-refractivity contribution in [3.05, 3.63) is 53.4 Å². The fraction of sp³-hybridized carbons (Fsp3) is 0.235. The fourth-order valence-corrected chi connectivity index (χ4v) is 2.30. The Bertz CT molecular complexity index is 778. The maximum atomic E-state index is 10.0. The normalized spacial score (nSPS) is 11.0. The molecule has 0 amide bonds. The lowest BCUT2D eigenvalue weighted by atomic mass is 10.1. The van der Waals surface area contributed by atoms with E-state index in [2.05, 4.69) is 10.3 Å². The van der Waals surface area contributed by atoms with Gasteiger partial charge < -0.3 is 14.8 Å². The Morgan fingerprint density at radius 3 is 2.90 bits per heavy atom. The second-order valence-corrected chi connectivity index (χ2v) is 5.08. The Balaban J connectivity index is 1.80. The number of hydrogen-bond donors (Lipinski definition) is 2. The van der Waals surface area contributed by atoms with Gasteiger partial charge in [0.05, 0.1) is 0 Å². The minimum absolute atomic E-state index is 0.348. The van der Waals surface area contributed by atoms with Crippen LogP contribution in [0.3, 0.4) is 0 Å². The highest BCUT2D eigenvalue weighted by molar-refractivity contribution is 5.77. The van der Waals surface area contributed by atoms with Gasteiger partial charge in [-0.25, -0.2) is 4.98 Å². The first-order valence-corrected chi connectivity index (χ1v) is 7.08. The lowest BCUT2D eigenvalue weighted by Gasteiger charge is -2.09. The first-order valence-electron chi connectivity index (χ1n) is 7.08. The number of phenols is 1. The van der Waals surface area contributed by atoms with Crippen molar-refractivity contribution in [2.45, 2.75) is 26.8 Å². The van der Waals surface area contributed by atoms with E-state index >= 15 is 0 Å². The zero-order chi connectivity index (χ0) is 14.8. The molecule has 0 saturated heterocycles. The molecule has 0 atom stereocenters. The molecule has 0 spiro atoms. The fourth-order valence-electron chi connectivity index (χ4n) is 2.30. The van der Waals surface area contributed by atoms with E-state index in [4.69, 9.17) is 4.42 Å². The van der Waals surface area contributed by atoms with Gasteiger partial charge in [-0.1, -0.05) is 25.1 Å². The number of aryl methyl sites for hydroxylation is 2. The number of para-hydroxylation sites is 1. The number of nitrogens with one attached hydrogen (secondary N) is 1. The SMILES string of the molecule is CCc1nc2cc(NCc3cccc(C)c3O)ccc2o1. The van der Waals surface area contributed by atoms with Crippen molar-refractivity contribution < 1.29 is 9.52 Å². The molecule has 0 fully saturated rings. The van der Waals surface area contributed by atoms with E-state index < -0.39 is 0 Å². The third-order valence-electron chi connectivity index (χ3n) is 3.54. The van der Waals surface area contributed by atoms with Crippen LogP contribution >= 0.6 is 0 Å². The molecule has 108 valence electrons. The van der Waals surface area contributed by atoms with E-state index in [1.165, 1.54) is 0 Å². The number of hydrogen-bond acceptors (Lipinski definition) is 4. The van der Waals surface area contributed by atoms with E-state index in [9.17, 15) is 5.11 Å². The van der Waals surface area contributed by atoms with Crippen LogP contribution in [0.25, 0.3) is 11.1 Å². The van der Waals surface area contributed by atoms with Crippen molar-refractivity contribution in [2.75, 3.05) is 5.32 Å². The van der Waals surface area contributed by atoms with Gasteiger partial charge in [0.1, 0.15) is 11.3 Å². The highest BCUT2D eigenvalue weighted by Gasteiger charge is 2.06. The van der Waals surface area contributed by atoms with Gasteiger partial charge in [-0.15, -0.1) is 0 Å². The quantitative estimate of drug-likeness (QED) is 0.759. The lowest BCUT2D eigenvalue weighted by Crippen LogP contribution is -2.00. The molecule has 0 aliphatic rings. The molecule has 21 heavy (non-hydrogen) atoms. The van der Waals surface area contributed by atoms with Gasteiger partial charge in [-0.3, -0.25) is 0 Å². The van der Waals surface area contributed by atoms with E-state index in [1.54, 1.807) is 0 Å². The number of fused-ring (bicyclic) bond motifs is 1. The van der Waals surface area contributed by atoms with Crippen molar-refractivity contribution in [1.82, 2.24) is 4.98 Å². The van der Waals surface area contributed by atoms with E-state index in [1.807, 2.05) is 50.2 Å². The highest BCUT2D eigenvalue weighted by Crippen LogP contribution is 2.24. The maximum Gasteiger partial charge on any atom is 0.195 e. The zero-order valence-electron chi connectivity index (χ0n) is 12.2. The minimum Gasteiger partial charge on any atom is -0.507 e. The lowest BCUT2D eigenvalue weighted by molar-refractivity contribution is 0.465. The molecule has 2 N–H and O–H groups in total. The van der Waals surface area contributed by atoms with Crippen molar-refractivity contribution in [3.8, 4) is 5.75 Å². The second kappa shape index (κ2) is 5.48. The average molecular weight is 282 g/mol. The smallest absolute Gasteiger partial charge is 0.195 e. The van der Waals surface area contributed by atoms with Gasteiger partial charge >= 0.3 is 0 Å². The molecule has 0 aliphatic heterocycles. The number of aromatic hydroxyl groups is 1. The summed E-state index contributed by atoms with van der Waals surface area (Å²) in [7, 11) is 0. The van der Waals surface area contributed by atoms with E-state index in [0.717, 1.165) is 40.2 Å². The molecular formula is C17H18N2O2. The monoisotopic (exact) mass is 282 g/mol. The number of rotatable bonds is 4. The van der Waals surface area contributed by atoms with Crippen LogP contribution < -0.4 is 5.32 Å². The first-order chi connectivity index (χ1) is 10.2. The van der Waals surface area contributed by atoms with Crippen LogP contribution in [0.5, 0.6) is 5.75 Å². The van der Waals surface area contributed by atoms with Crippen LogP contribution in [0.4, 0.5) is 5.69 Å². The van der Waals surface area contributed by atoms with Crippen molar-refractivity contribution in [3.63, 3.8) is 0 Å². The molecule has 1 heterocycles. The molecular weight excluding hydrogens is 264 g/mol. The number of aromatic nitrogens is 1. The number of benzene rings is 2. The van der Waals surface area contributed by atoms with Gasteiger partial charge in [0, 0.05) is 24.2 Å². The Hall–Kier alpha value is -2.49. The van der Waals surface area contributed by atoms with Gasteiger partial charge in [0.15, 0.2) is 11.5 Å². The summed E-state index contributed by atoms with van der Waals surface area (Å²) in [6.07, 6.45) is 0.786. The van der Waals surface area contributed by atoms with Crippen LogP contribution in [0.1, 0.15) is 23.9 Å². The second-order valence-electron chi connectivity index (χ2n) is 5.08. The number of nitrogens with zero attached hydrogens (tertiary/aromatic N) is 1. The largest absolute Gasteiger partial charge is 0.507 e. The molecule has 0 unspecified atom stereocenters. The first kappa shape index (κ1) is 13.5. The molecule has 4 heteroatoms. The summed E-state index contributed by atoms with van der Waals surface area (Å²) in [6, 6.07) is 11.6. The predicted octanol–water partition coefficient (Wildman–Crippen LogP) is 4.02. The van der Waals surface area contributed by atoms with Gasteiger partial charge in [0.25, 0.3) is 0 Å². The van der Waals surface area contributed by atoms with Crippen molar-refractivity contribution in [1.29, 1.82) is 0 Å². The van der Waals surface area contributed by atoms with Crippen molar-refractivity contribution >= 4 is 16.8 Å². The van der Waals surface area contributed by atoms with Gasteiger partial charge in [0.2, 0.25) is 0 Å². The van der Waals surface area contributed by atoms with Gasteiger partial charge in [-0.05, 0) is 30.7 Å². The van der Waals surface area contributed by atoms with Crippen LogP contribution in [-0.2, 0) is 13.0 Å². The number of anilines is 1. The van der Waals surface area contributed by atoms with E-state index in [-0.39, 0.29) is 0 Å². The van der Waals surface area contributed by atoms with Crippen molar-refractivity contribution in [2.24, 2.45) is 0 Å². The summed E-state index contributed by atoms with van der Waals surface area (Å²) in [4.78, 5) is 4.42. The summed E-state index contributed by atoms with van der Waals surface area (Å²) in [6.45, 7) is 4.48. The Kier molecular flexibility index (Phi) is 3.52.